The number of morpholine rings is 1. The number of aromatic nitrogens is 3. The quantitative estimate of drug-likeness (QED) is 0.850. The summed E-state index contributed by atoms with van der Waals surface area (Å²) in [4.78, 5) is 19.1. The van der Waals surface area contributed by atoms with Gasteiger partial charge in [-0.2, -0.15) is 5.10 Å². The van der Waals surface area contributed by atoms with Gasteiger partial charge >= 0.3 is 0 Å². The van der Waals surface area contributed by atoms with Gasteiger partial charge in [0.25, 0.3) is 5.91 Å². The Kier molecular flexibility index (Phi) is 3.70. The van der Waals surface area contributed by atoms with Gasteiger partial charge in [-0.3, -0.25) is 4.79 Å². The molecule has 1 amide bonds. The number of ether oxygens (including phenoxy) is 1. The van der Waals surface area contributed by atoms with Crippen molar-refractivity contribution in [2.24, 2.45) is 0 Å². The van der Waals surface area contributed by atoms with Crippen molar-refractivity contribution in [3.8, 4) is 5.82 Å². The fraction of sp³-hybridized carbons (Fsp3) is 0.438. The Labute approximate surface area is 129 Å². The molecule has 3 heterocycles. The molecule has 1 aliphatic rings. The third kappa shape index (κ3) is 2.87. The SMILES string of the molecule is C[C@H]1CN(C(=O)c2cccnc2-n2cccn2)CC(C)(C)O1. The molecule has 2 aromatic heterocycles. The largest absolute Gasteiger partial charge is 0.369 e. The summed E-state index contributed by atoms with van der Waals surface area (Å²) in [6.45, 7) is 7.12. The van der Waals surface area contributed by atoms with E-state index in [2.05, 4.69) is 10.1 Å². The van der Waals surface area contributed by atoms with Crippen LogP contribution in [0.4, 0.5) is 0 Å². The van der Waals surface area contributed by atoms with Crippen LogP contribution in [0.3, 0.4) is 0 Å². The summed E-state index contributed by atoms with van der Waals surface area (Å²) in [6.07, 6.45) is 5.13. The van der Waals surface area contributed by atoms with Crippen LogP contribution in [0.2, 0.25) is 0 Å². The molecular weight excluding hydrogens is 280 g/mol. The third-order valence-corrected chi connectivity index (χ3v) is 3.60. The first kappa shape index (κ1) is 14.7. The van der Waals surface area contributed by atoms with Gasteiger partial charge in [-0.1, -0.05) is 0 Å². The van der Waals surface area contributed by atoms with E-state index in [0.717, 1.165) is 0 Å². The number of pyridine rings is 1. The standard InChI is InChI=1S/C16H20N4O2/c1-12-10-19(11-16(2,3)22-12)15(21)13-6-4-7-17-14(13)20-9-5-8-18-20/h4-9,12H,10-11H2,1-3H3/t12-/m0/s1. The summed E-state index contributed by atoms with van der Waals surface area (Å²) >= 11 is 0. The molecule has 1 saturated heterocycles. The van der Waals surface area contributed by atoms with E-state index in [1.807, 2.05) is 31.7 Å². The smallest absolute Gasteiger partial charge is 0.257 e. The van der Waals surface area contributed by atoms with Crippen molar-refractivity contribution in [1.29, 1.82) is 0 Å². The van der Waals surface area contributed by atoms with Gasteiger partial charge < -0.3 is 9.64 Å². The molecule has 1 atom stereocenters. The van der Waals surface area contributed by atoms with Gasteiger partial charge in [0.05, 0.1) is 17.3 Å². The maximum absolute atomic E-state index is 12.9. The van der Waals surface area contributed by atoms with Crippen LogP contribution in [0, 0.1) is 0 Å². The molecule has 2 aromatic rings. The predicted molar refractivity (Wildman–Crippen MR) is 81.9 cm³/mol. The van der Waals surface area contributed by atoms with Crippen molar-refractivity contribution in [1.82, 2.24) is 19.7 Å². The first-order valence-electron chi connectivity index (χ1n) is 7.38. The van der Waals surface area contributed by atoms with Crippen LogP contribution in [0.15, 0.2) is 36.8 Å². The Bertz CT molecular complexity index is 667. The number of hydrogen-bond acceptors (Lipinski definition) is 4. The second-order valence-electron chi connectivity index (χ2n) is 6.20. The number of nitrogens with zero attached hydrogens (tertiary/aromatic N) is 4. The van der Waals surface area contributed by atoms with Gasteiger partial charge in [0.2, 0.25) is 0 Å². The van der Waals surface area contributed by atoms with Crippen LogP contribution in [-0.2, 0) is 4.74 Å². The molecule has 0 bridgehead atoms. The van der Waals surface area contributed by atoms with Crippen molar-refractivity contribution >= 4 is 5.91 Å². The minimum absolute atomic E-state index is 0.0116. The highest BCUT2D eigenvalue weighted by Gasteiger charge is 2.34. The fourth-order valence-corrected chi connectivity index (χ4v) is 2.92. The van der Waals surface area contributed by atoms with Crippen molar-refractivity contribution in [3.63, 3.8) is 0 Å². The summed E-state index contributed by atoms with van der Waals surface area (Å²) in [7, 11) is 0. The molecule has 1 aliphatic heterocycles. The molecule has 0 aliphatic carbocycles. The lowest BCUT2D eigenvalue weighted by molar-refractivity contribution is -0.118. The zero-order valence-electron chi connectivity index (χ0n) is 13.1. The van der Waals surface area contributed by atoms with Gasteiger partial charge in [-0.25, -0.2) is 9.67 Å². The fourth-order valence-electron chi connectivity index (χ4n) is 2.92. The topological polar surface area (TPSA) is 60.2 Å². The zero-order valence-corrected chi connectivity index (χ0v) is 13.1. The van der Waals surface area contributed by atoms with E-state index in [-0.39, 0.29) is 17.6 Å². The summed E-state index contributed by atoms with van der Waals surface area (Å²) in [5, 5.41) is 4.18. The molecule has 6 heteroatoms. The van der Waals surface area contributed by atoms with Gasteiger partial charge in [0, 0.05) is 31.7 Å². The molecule has 0 unspecified atom stereocenters. The Hall–Kier alpha value is -2.21. The Morgan fingerprint density at radius 3 is 2.86 bits per heavy atom. The van der Waals surface area contributed by atoms with E-state index in [9.17, 15) is 4.79 Å². The second-order valence-corrected chi connectivity index (χ2v) is 6.20. The molecule has 22 heavy (non-hydrogen) atoms. The monoisotopic (exact) mass is 300 g/mol. The summed E-state index contributed by atoms with van der Waals surface area (Å²) in [6, 6.07) is 5.37. The van der Waals surface area contributed by atoms with Crippen LogP contribution in [0.1, 0.15) is 31.1 Å². The summed E-state index contributed by atoms with van der Waals surface area (Å²) < 4.78 is 7.48. The average molecular weight is 300 g/mol. The molecule has 116 valence electrons. The minimum Gasteiger partial charge on any atom is -0.369 e. The zero-order chi connectivity index (χ0) is 15.7. The Balaban J connectivity index is 1.93. The molecule has 0 radical (unpaired) electrons. The van der Waals surface area contributed by atoms with Crippen molar-refractivity contribution in [2.45, 2.75) is 32.5 Å². The van der Waals surface area contributed by atoms with Crippen molar-refractivity contribution in [2.75, 3.05) is 13.1 Å². The number of carbonyl (C=O) groups is 1. The molecule has 3 rings (SSSR count). The number of amides is 1. The lowest BCUT2D eigenvalue weighted by Gasteiger charge is -2.41. The first-order valence-corrected chi connectivity index (χ1v) is 7.38. The Morgan fingerprint density at radius 2 is 2.18 bits per heavy atom. The molecule has 0 N–H and O–H groups in total. The maximum Gasteiger partial charge on any atom is 0.257 e. The Morgan fingerprint density at radius 1 is 1.36 bits per heavy atom. The normalized spacial score (nSPS) is 20.9. The van der Waals surface area contributed by atoms with E-state index in [0.29, 0.717) is 24.5 Å². The van der Waals surface area contributed by atoms with Crippen LogP contribution in [0.25, 0.3) is 5.82 Å². The maximum atomic E-state index is 12.9. The van der Waals surface area contributed by atoms with Gasteiger partial charge in [0.1, 0.15) is 0 Å². The minimum atomic E-state index is -0.346. The van der Waals surface area contributed by atoms with Crippen LogP contribution in [0.5, 0.6) is 0 Å². The first-order chi connectivity index (χ1) is 10.5. The van der Waals surface area contributed by atoms with E-state index >= 15 is 0 Å². The predicted octanol–water partition coefficient (Wildman–Crippen LogP) is 1.91. The highest BCUT2D eigenvalue weighted by molar-refractivity contribution is 5.97. The van der Waals surface area contributed by atoms with E-state index in [1.54, 1.807) is 35.4 Å². The van der Waals surface area contributed by atoms with Gasteiger partial charge in [0.15, 0.2) is 5.82 Å². The highest BCUT2D eigenvalue weighted by Crippen LogP contribution is 2.23. The third-order valence-electron chi connectivity index (χ3n) is 3.60. The van der Waals surface area contributed by atoms with E-state index in [4.69, 9.17) is 4.74 Å². The highest BCUT2D eigenvalue weighted by atomic mass is 16.5. The number of hydrogen-bond donors (Lipinski definition) is 0. The molecule has 0 aromatic carbocycles. The second kappa shape index (κ2) is 5.53. The van der Waals surface area contributed by atoms with E-state index < -0.39 is 0 Å². The average Bonchev–Trinajstić information content (AvgIpc) is 2.98. The van der Waals surface area contributed by atoms with Crippen LogP contribution < -0.4 is 0 Å². The molecule has 6 nitrogen and oxygen atoms in total. The lowest BCUT2D eigenvalue weighted by atomic mass is 10.0. The molecular formula is C16H20N4O2. The van der Waals surface area contributed by atoms with Crippen LogP contribution >= 0.6 is 0 Å². The number of rotatable bonds is 2. The molecule has 0 saturated carbocycles. The summed E-state index contributed by atoms with van der Waals surface area (Å²) in [5.74, 6) is 0.510. The lowest BCUT2D eigenvalue weighted by Crippen LogP contribution is -2.53. The van der Waals surface area contributed by atoms with Gasteiger partial charge in [-0.05, 0) is 39.0 Å². The summed E-state index contributed by atoms with van der Waals surface area (Å²) in [5.41, 5.74) is 0.206. The van der Waals surface area contributed by atoms with E-state index in [1.165, 1.54) is 0 Å². The van der Waals surface area contributed by atoms with Crippen molar-refractivity contribution < 1.29 is 9.53 Å². The number of carbonyl (C=O) groups excluding carboxylic acids is 1. The molecule has 0 spiro atoms. The van der Waals surface area contributed by atoms with Crippen LogP contribution in [-0.4, -0.2) is 50.4 Å². The molecule has 1 fully saturated rings. The van der Waals surface area contributed by atoms with Gasteiger partial charge in [-0.15, -0.1) is 0 Å². The van der Waals surface area contributed by atoms with Crippen molar-refractivity contribution in [3.05, 3.63) is 42.4 Å².